The predicted molar refractivity (Wildman–Crippen MR) is 169 cm³/mol. The number of anilines is 1. The summed E-state index contributed by atoms with van der Waals surface area (Å²) in [6, 6.07) is 29.5. The number of aliphatic hydroxyl groups is 3. The number of aliphatic hydroxyl groups excluding tert-OH is 3. The van der Waals surface area contributed by atoms with Crippen molar-refractivity contribution in [3.8, 4) is 5.75 Å². The maximum absolute atomic E-state index is 12.4. The van der Waals surface area contributed by atoms with Crippen LogP contribution in [0.5, 0.6) is 5.75 Å². The molecule has 224 valence electrons. The summed E-state index contributed by atoms with van der Waals surface area (Å²) in [6.07, 6.45) is -4.99. The molecule has 4 aromatic rings. The van der Waals surface area contributed by atoms with E-state index in [-0.39, 0.29) is 5.91 Å². The largest absolute Gasteiger partial charge is 0.494 e. The highest BCUT2D eigenvalue weighted by Crippen LogP contribution is 2.36. The molecular formula is C34H34ClNO6S. The van der Waals surface area contributed by atoms with Crippen molar-refractivity contribution in [1.82, 2.24) is 0 Å². The maximum atomic E-state index is 12.4. The van der Waals surface area contributed by atoms with Crippen LogP contribution < -0.4 is 10.1 Å². The van der Waals surface area contributed by atoms with Crippen LogP contribution in [0.2, 0.25) is 5.02 Å². The van der Waals surface area contributed by atoms with Gasteiger partial charge in [0.2, 0.25) is 0 Å². The topological polar surface area (TPSA) is 108 Å². The fourth-order valence-electron chi connectivity index (χ4n) is 4.97. The van der Waals surface area contributed by atoms with Crippen molar-refractivity contribution in [2.24, 2.45) is 0 Å². The summed E-state index contributed by atoms with van der Waals surface area (Å²) in [5, 5.41) is 35.8. The Morgan fingerprint density at radius 1 is 0.907 bits per heavy atom. The maximum Gasteiger partial charge on any atom is 0.255 e. The molecule has 1 aliphatic rings. The molecular weight excluding hydrogens is 586 g/mol. The molecule has 0 bridgehead atoms. The normalized spacial score (nSPS) is 21.7. The molecule has 0 aromatic heterocycles. The minimum Gasteiger partial charge on any atom is -0.494 e. The molecule has 9 heteroatoms. The molecule has 43 heavy (non-hydrogen) atoms. The summed E-state index contributed by atoms with van der Waals surface area (Å²) >= 11 is 7.97. The SMILES string of the molecule is CCOc1ccc(Cc2cc(C3OC(CSc4ccc(NC(=O)c5ccccc5)cc4)C(O)C(O)C3O)ccc2Cl)cc1. The summed E-state index contributed by atoms with van der Waals surface area (Å²) in [5.74, 6) is 0.944. The lowest BCUT2D eigenvalue weighted by atomic mass is 9.90. The molecule has 0 radical (unpaired) electrons. The third-order valence-electron chi connectivity index (χ3n) is 7.30. The molecule has 5 atom stereocenters. The second-order valence-corrected chi connectivity index (χ2v) is 11.8. The third kappa shape index (κ3) is 7.78. The van der Waals surface area contributed by atoms with Crippen LogP contribution in [-0.2, 0) is 11.2 Å². The number of halogens is 1. The number of hydrogen-bond donors (Lipinski definition) is 4. The van der Waals surface area contributed by atoms with Gasteiger partial charge in [-0.2, -0.15) is 0 Å². The Labute approximate surface area is 260 Å². The number of rotatable bonds is 10. The van der Waals surface area contributed by atoms with Crippen molar-refractivity contribution in [3.63, 3.8) is 0 Å². The van der Waals surface area contributed by atoms with E-state index in [4.69, 9.17) is 21.1 Å². The molecule has 4 N–H and O–H groups in total. The highest BCUT2D eigenvalue weighted by atomic mass is 35.5. The van der Waals surface area contributed by atoms with Crippen molar-refractivity contribution < 1.29 is 29.6 Å². The van der Waals surface area contributed by atoms with Crippen LogP contribution in [0.25, 0.3) is 0 Å². The first-order valence-corrected chi connectivity index (χ1v) is 15.5. The first-order valence-electron chi connectivity index (χ1n) is 14.1. The van der Waals surface area contributed by atoms with Gasteiger partial charge >= 0.3 is 0 Å². The molecule has 4 aromatic carbocycles. The Morgan fingerprint density at radius 2 is 1.63 bits per heavy atom. The van der Waals surface area contributed by atoms with Crippen molar-refractivity contribution in [3.05, 3.63) is 124 Å². The zero-order valence-electron chi connectivity index (χ0n) is 23.6. The number of amides is 1. The summed E-state index contributed by atoms with van der Waals surface area (Å²) in [6.45, 7) is 2.53. The quantitative estimate of drug-likeness (QED) is 0.164. The number of nitrogens with one attached hydrogen (secondary N) is 1. The van der Waals surface area contributed by atoms with Gasteiger partial charge < -0.3 is 30.1 Å². The fraction of sp³-hybridized carbons (Fsp3) is 0.265. The predicted octanol–water partition coefficient (Wildman–Crippen LogP) is 5.90. The van der Waals surface area contributed by atoms with Crippen LogP contribution in [0.15, 0.2) is 102 Å². The van der Waals surface area contributed by atoms with E-state index in [0.717, 1.165) is 21.8 Å². The zero-order valence-corrected chi connectivity index (χ0v) is 25.2. The summed E-state index contributed by atoms with van der Waals surface area (Å²) in [5.41, 5.74) is 3.80. The first-order chi connectivity index (χ1) is 20.8. The lowest BCUT2D eigenvalue weighted by Crippen LogP contribution is -2.54. The number of benzene rings is 4. The standard InChI is InChI=1S/C34H34ClNO6S/c1-2-41-26-13-8-21(9-14-26)18-24-19-23(10-17-28(24)35)33-32(39)31(38)30(37)29(42-33)20-43-27-15-11-25(12-16-27)36-34(40)22-6-4-3-5-7-22/h3-17,19,29-33,37-39H,2,18,20H2,1H3,(H,36,40). The molecule has 5 rings (SSSR count). The van der Waals surface area contributed by atoms with Crippen molar-refractivity contribution in [2.75, 3.05) is 17.7 Å². The van der Waals surface area contributed by atoms with Gasteiger partial charge in [0.15, 0.2) is 0 Å². The van der Waals surface area contributed by atoms with Gasteiger partial charge in [-0.1, -0.05) is 54.1 Å². The molecule has 0 aliphatic carbocycles. The van der Waals surface area contributed by atoms with Crippen LogP contribution in [0.3, 0.4) is 0 Å². The number of carbonyl (C=O) groups excluding carboxylic acids is 1. The van der Waals surface area contributed by atoms with Crippen LogP contribution >= 0.6 is 23.4 Å². The van der Waals surface area contributed by atoms with Gasteiger partial charge in [0.25, 0.3) is 5.91 Å². The van der Waals surface area contributed by atoms with E-state index in [2.05, 4.69) is 5.32 Å². The van der Waals surface area contributed by atoms with Gasteiger partial charge in [-0.3, -0.25) is 4.79 Å². The monoisotopic (exact) mass is 619 g/mol. The fourth-order valence-corrected chi connectivity index (χ4v) is 6.11. The number of carbonyl (C=O) groups is 1. The molecule has 1 saturated heterocycles. The van der Waals surface area contributed by atoms with E-state index < -0.39 is 30.5 Å². The highest BCUT2D eigenvalue weighted by Gasteiger charge is 2.44. The van der Waals surface area contributed by atoms with E-state index in [1.165, 1.54) is 11.8 Å². The molecule has 1 aliphatic heterocycles. The van der Waals surface area contributed by atoms with E-state index in [9.17, 15) is 20.1 Å². The Kier molecular flexibility index (Phi) is 10.4. The molecule has 1 fully saturated rings. The van der Waals surface area contributed by atoms with Crippen molar-refractivity contribution in [1.29, 1.82) is 0 Å². The number of hydrogen-bond acceptors (Lipinski definition) is 7. The lowest BCUT2D eigenvalue weighted by Gasteiger charge is -2.41. The van der Waals surface area contributed by atoms with E-state index in [0.29, 0.717) is 40.6 Å². The molecule has 1 amide bonds. The number of thioether (sulfide) groups is 1. The van der Waals surface area contributed by atoms with Crippen LogP contribution in [0, 0.1) is 0 Å². The van der Waals surface area contributed by atoms with Gasteiger partial charge in [-0.25, -0.2) is 0 Å². The molecule has 7 nitrogen and oxygen atoms in total. The van der Waals surface area contributed by atoms with Crippen LogP contribution in [-0.4, -0.2) is 58.0 Å². The first kappa shape index (κ1) is 31.1. The average molecular weight is 620 g/mol. The number of ether oxygens (including phenoxy) is 2. The van der Waals surface area contributed by atoms with Crippen LogP contribution in [0.1, 0.15) is 40.1 Å². The van der Waals surface area contributed by atoms with Gasteiger partial charge in [-0.05, 0) is 84.6 Å². The molecule has 0 saturated carbocycles. The van der Waals surface area contributed by atoms with Gasteiger partial charge in [0.1, 0.15) is 30.2 Å². The molecule has 5 unspecified atom stereocenters. The van der Waals surface area contributed by atoms with Gasteiger partial charge in [-0.15, -0.1) is 11.8 Å². The smallest absolute Gasteiger partial charge is 0.255 e. The summed E-state index contributed by atoms with van der Waals surface area (Å²) in [4.78, 5) is 13.3. The Bertz CT molecular complexity index is 1500. The third-order valence-corrected chi connectivity index (χ3v) is 8.77. The average Bonchev–Trinajstić information content (AvgIpc) is 3.03. The zero-order chi connectivity index (χ0) is 30.3. The minimum atomic E-state index is -1.38. The van der Waals surface area contributed by atoms with E-state index >= 15 is 0 Å². The van der Waals surface area contributed by atoms with Gasteiger partial charge in [0.05, 0.1) is 12.7 Å². The lowest BCUT2D eigenvalue weighted by molar-refractivity contribution is -0.218. The minimum absolute atomic E-state index is 0.192. The Morgan fingerprint density at radius 3 is 2.33 bits per heavy atom. The van der Waals surface area contributed by atoms with E-state index in [1.54, 1.807) is 24.3 Å². The molecule has 0 spiro atoms. The molecule has 1 heterocycles. The summed E-state index contributed by atoms with van der Waals surface area (Å²) in [7, 11) is 0. The second-order valence-electron chi connectivity index (χ2n) is 10.3. The van der Waals surface area contributed by atoms with Crippen molar-refractivity contribution in [2.45, 2.75) is 48.8 Å². The second kappa shape index (κ2) is 14.4. The summed E-state index contributed by atoms with van der Waals surface area (Å²) < 4.78 is 11.7. The Hall–Kier alpha value is -3.37. The van der Waals surface area contributed by atoms with Gasteiger partial charge in [0, 0.05) is 26.9 Å². The highest BCUT2D eigenvalue weighted by molar-refractivity contribution is 7.99. The van der Waals surface area contributed by atoms with E-state index in [1.807, 2.05) is 79.7 Å². The Balaban J connectivity index is 1.23. The van der Waals surface area contributed by atoms with Crippen LogP contribution in [0.4, 0.5) is 5.69 Å². The van der Waals surface area contributed by atoms with Crippen molar-refractivity contribution >= 4 is 35.0 Å².